The summed E-state index contributed by atoms with van der Waals surface area (Å²) < 4.78 is 0. The van der Waals surface area contributed by atoms with E-state index in [9.17, 15) is 4.79 Å². The minimum atomic E-state index is 0. The topological polar surface area (TPSA) is 46.3 Å². The SMILES string of the molecule is CCN(C(=O)C[C@@H]1CCC[C@H]1N)C1CCC1.Cl. The molecule has 2 saturated carbocycles. The lowest BCUT2D eigenvalue weighted by Crippen LogP contribution is -2.45. The second-order valence-electron chi connectivity index (χ2n) is 5.32. The van der Waals surface area contributed by atoms with E-state index in [4.69, 9.17) is 5.73 Å². The zero-order chi connectivity index (χ0) is 11.5. The van der Waals surface area contributed by atoms with Gasteiger partial charge in [0.15, 0.2) is 0 Å². The monoisotopic (exact) mass is 260 g/mol. The van der Waals surface area contributed by atoms with Crippen molar-refractivity contribution in [2.45, 2.75) is 64.0 Å². The molecule has 0 radical (unpaired) electrons. The van der Waals surface area contributed by atoms with Gasteiger partial charge in [0.25, 0.3) is 0 Å². The molecule has 0 spiro atoms. The molecule has 0 aromatic carbocycles. The Morgan fingerprint density at radius 2 is 1.88 bits per heavy atom. The molecule has 2 aliphatic rings. The van der Waals surface area contributed by atoms with E-state index in [1.54, 1.807) is 0 Å². The summed E-state index contributed by atoms with van der Waals surface area (Å²) >= 11 is 0. The lowest BCUT2D eigenvalue weighted by atomic mass is 9.90. The smallest absolute Gasteiger partial charge is 0.223 e. The fraction of sp³-hybridized carbons (Fsp3) is 0.923. The quantitative estimate of drug-likeness (QED) is 0.843. The van der Waals surface area contributed by atoms with E-state index in [1.165, 1.54) is 25.7 Å². The molecule has 2 N–H and O–H groups in total. The summed E-state index contributed by atoms with van der Waals surface area (Å²) in [6.45, 7) is 2.95. The largest absolute Gasteiger partial charge is 0.340 e. The van der Waals surface area contributed by atoms with Crippen LogP contribution in [0.5, 0.6) is 0 Å². The zero-order valence-corrected chi connectivity index (χ0v) is 11.5. The van der Waals surface area contributed by atoms with Crippen LogP contribution >= 0.6 is 12.4 Å². The number of halogens is 1. The number of carbonyl (C=O) groups is 1. The lowest BCUT2D eigenvalue weighted by molar-refractivity contribution is -0.136. The second-order valence-corrected chi connectivity index (χ2v) is 5.32. The maximum Gasteiger partial charge on any atom is 0.223 e. The lowest BCUT2D eigenvalue weighted by Gasteiger charge is -2.37. The third-order valence-electron chi connectivity index (χ3n) is 4.33. The van der Waals surface area contributed by atoms with Gasteiger partial charge in [0.2, 0.25) is 5.91 Å². The minimum absolute atomic E-state index is 0. The van der Waals surface area contributed by atoms with Crippen LogP contribution in [0.3, 0.4) is 0 Å². The van der Waals surface area contributed by atoms with Gasteiger partial charge in [-0.05, 0) is 44.9 Å². The summed E-state index contributed by atoms with van der Waals surface area (Å²) in [5, 5.41) is 0. The molecule has 2 rings (SSSR count). The molecule has 4 heteroatoms. The van der Waals surface area contributed by atoms with Gasteiger partial charge in [0.1, 0.15) is 0 Å². The first-order valence-corrected chi connectivity index (χ1v) is 6.77. The van der Waals surface area contributed by atoms with Crippen molar-refractivity contribution in [1.29, 1.82) is 0 Å². The maximum absolute atomic E-state index is 12.2. The molecule has 17 heavy (non-hydrogen) atoms. The van der Waals surface area contributed by atoms with Gasteiger partial charge in [-0.25, -0.2) is 0 Å². The molecule has 1 amide bonds. The normalized spacial score (nSPS) is 28.4. The van der Waals surface area contributed by atoms with Gasteiger partial charge in [0, 0.05) is 25.0 Å². The predicted molar refractivity (Wildman–Crippen MR) is 72.2 cm³/mol. The molecule has 2 aliphatic carbocycles. The van der Waals surface area contributed by atoms with Crippen LogP contribution in [0.2, 0.25) is 0 Å². The van der Waals surface area contributed by atoms with Crippen LogP contribution in [0.1, 0.15) is 51.9 Å². The highest BCUT2D eigenvalue weighted by Crippen LogP contribution is 2.30. The number of amides is 1. The van der Waals surface area contributed by atoms with Gasteiger partial charge >= 0.3 is 0 Å². The van der Waals surface area contributed by atoms with E-state index in [1.807, 2.05) is 0 Å². The Morgan fingerprint density at radius 1 is 1.24 bits per heavy atom. The first-order valence-electron chi connectivity index (χ1n) is 6.77. The van der Waals surface area contributed by atoms with Gasteiger partial charge < -0.3 is 10.6 Å². The van der Waals surface area contributed by atoms with Crippen molar-refractivity contribution in [2.24, 2.45) is 11.7 Å². The Morgan fingerprint density at radius 3 is 2.29 bits per heavy atom. The minimum Gasteiger partial charge on any atom is -0.340 e. The number of carbonyl (C=O) groups excluding carboxylic acids is 1. The zero-order valence-electron chi connectivity index (χ0n) is 10.7. The van der Waals surface area contributed by atoms with E-state index in [-0.39, 0.29) is 18.4 Å². The van der Waals surface area contributed by atoms with Gasteiger partial charge in [-0.2, -0.15) is 0 Å². The van der Waals surface area contributed by atoms with Crippen LogP contribution in [0.4, 0.5) is 0 Å². The molecule has 0 aliphatic heterocycles. The van der Waals surface area contributed by atoms with Crippen LogP contribution in [0.25, 0.3) is 0 Å². The van der Waals surface area contributed by atoms with Crippen molar-refractivity contribution >= 4 is 18.3 Å². The summed E-state index contributed by atoms with van der Waals surface area (Å²) in [7, 11) is 0. The first-order chi connectivity index (χ1) is 7.72. The summed E-state index contributed by atoms with van der Waals surface area (Å²) in [4.78, 5) is 14.3. The molecule has 0 saturated heterocycles. The Labute approximate surface area is 111 Å². The van der Waals surface area contributed by atoms with Crippen LogP contribution in [-0.4, -0.2) is 29.4 Å². The van der Waals surface area contributed by atoms with Crippen molar-refractivity contribution in [1.82, 2.24) is 4.90 Å². The van der Waals surface area contributed by atoms with Crippen molar-refractivity contribution in [3.8, 4) is 0 Å². The summed E-state index contributed by atoms with van der Waals surface area (Å²) in [6, 6.07) is 0.805. The molecular formula is C13H25ClN2O. The third-order valence-corrected chi connectivity index (χ3v) is 4.33. The molecule has 0 unspecified atom stereocenters. The van der Waals surface area contributed by atoms with Crippen LogP contribution < -0.4 is 5.73 Å². The third kappa shape index (κ3) is 3.35. The fourth-order valence-corrected chi connectivity index (χ4v) is 3.00. The molecule has 0 aromatic rings. The van der Waals surface area contributed by atoms with Gasteiger partial charge in [-0.15, -0.1) is 12.4 Å². The van der Waals surface area contributed by atoms with E-state index >= 15 is 0 Å². The van der Waals surface area contributed by atoms with Crippen LogP contribution in [-0.2, 0) is 4.79 Å². The average molecular weight is 261 g/mol. The number of nitrogens with zero attached hydrogens (tertiary/aromatic N) is 1. The maximum atomic E-state index is 12.2. The van der Waals surface area contributed by atoms with Gasteiger partial charge in [0.05, 0.1) is 0 Å². The Kier molecular flexibility index (Phi) is 5.74. The molecular weight excluding hydrogens is 236 g/mol. The fourth-order valence-electron chi connectivity index (χ4n) is 3.00. The molecule has 0 aromatic heterocycles. The highest BCUT2D eigenvalue weighted by molar-refractivity contribution is 5.85. The summed E-state index contributed by atoms with van der Waals surface area (Å²) in [5.74, 6) is 0.788. The van der Waals surface area contributed by atoms with Crippen LogP contribution in [0, 0.1) is 5.92 Å². The van der Waals surface area contributed by atoms with E-state index in [0.29, 0.717) is 24.3 Å². The highest BCUT2D eigenvalue weighted by Gasteiger charge is 2.31. The van der Waals surface area contributed by atoms with Crippen molar-refractivity contribution in [3.05, 3.63) is 0 Å². The van der Waals surface area contributed by atoms with Crippen molar-refractivity contribution in [2.75, 3.05) is 6.54 Å². The molecule has 2 atom stereocenters. The van der Waals surface area contributed by atoms with E-state index in [2.05, 4.69) is 11.8 Å². The Hall–Kier alpha value is -0.280. The number of nitrogens with two attached hydrogens (primary N) is 1. The molecule has 0 bridgehead atoms. The molecule has 3 nitrogen and oxygen atoms in total. The molecule has 2 fully saturated rings. The van der Waals surface area contributed by atoms with Gasteiger partial charge in [-0.3, -0.25) is 4.79 Å². The number of hydrogen-bond donors (Lipinski definition) is 1. The number of rotatable bonds is 4. The van der Waals surface area contributed by atoms with Crippen LogP contribution in [0.15, 0.2) is 0 Å². The molecule has 100 valence electrons. The van der Waals surface area contributed by atoms with Crippen molar-refractivity contribution in [3.63, 3.8) is 0 Å². The Bertz CT molecular complexity index is 256. The Balaban J connectivity index is 0.00000144. The highest BCUT2D eigenvalue weighted by atomic mass is 35.5. The number of hydrogen-bond acceptors (Lipinski definition) is 2. The van der Waals surface area contributed by atoms with E-state index in [0.717, 1.165) is 19.4 Å². The first kappa shape index (κ1) is 14.8. The molecule has 0 heterocycles. The predicted octanol–water partition coefficient (Wildman–Crippen LogP) is 2.33. The standard InChI is InChI=1S/C13H24N2O.ClH/c1-2-15(11-6-4-7-11)13(16)9-10-5-3-8-12(10)14;/h10-12H,2-9,14H2,1H3;1H/t10-,12+;/m0./s1. The van der Waals surface area contributed by atoms with Gasteiger partial charge in [-0.1, -0.05) is 6.42 Å². The average Bonchev–Trinajstić information content (AvgIpc) is 2.57. The summed E-state index contributed by atoms with van der Waals surface area (Å²) in [5.41, 5.74) is 6.02. The van der Waals surface area contributed by atoms with Crippen molar-refractivity contribution < 1.29 is 4.79 Å². The second kappa shape index (κ2) is 6.60. The van der Waals surface area contributed by atoms with E-state index < -0.39 is 0 Å². The summed E-state index contributed by atoms with van der Waals surface area (Å²) in [6.07, 6.45) is 7.84.